The van der Waals surface area contributed by atoms with E-state index in [1.807, 2.05) is 6.08 Å². The van der Waals surface area contributed by atoms with E-state index in [1.54, 1.807) is 6.20 Å². The third-order valence-corrected chi connectivity index (χ3v) is 5.46. The van der Waals surface area contributed by atoms with Crippen molar-refractivity contribution in [3.63, 3.8) is 0 Å². The van der Waals surface area contributed by atoms with Crippen molar-refractivity contribution in [2.45, 2.75) is 79.6 Å². The lowest BCUT2D eigenvalue weighted by molar-refractivity contribution is 0.0484. The summed E-state index contributed by atoms with van der Waals surface area (Å²) in [4.78, 5) is 19.3. The lowest BCUT2D eigenvalue weighted by atomic mass is 9.72. The number of ether oxygens (including phenoxy) is 1. The van der Waals surface area contributed by atoms with Crippen molar-refractivity contribution in [3.8, 4) is 0 Å². The van der Waals surface area contributed by atoms with Crippen molar-refractivity contribution in [2.75, 3.05) is 6.61 Å². The van der Waals surface area contributed by atoms with Crippen molar-refractivity contribution in [2.24, 2.45) is 5.41 Å². The number of esters is 1. The van der Waals surface area contributed by atoms with Gasteiger partial charge in [0, 0.05) is 0 Å². The van der Waals surface area contributed by atoms with Gasteiger partial charge in [-0.15, -0.1) is 0 Å². The molecule has 1 aliphatic rings. The van der Waals surface area contributed by atoms with E-state index in [9.17, 15) is 4.79 Å². The number of carbonyl (C=O) groups is 1. The summed E-state index contributed by atoms with van der Waals surface area (Å²) in [5.41, 5.74) is 5.11. The number of aromatic nitrogens is 2. The van der Waals surface area contributed by atoms with Crippen LogP contribution < -0.4 is 0 Å². The maximum atomic E-state index is 12.1. The number of nitrogens with one attached hydrogen (secondary N) is 1. The van der Waals surface area contributed by atoms with Crippen LogP contribution in [0.5, 0.6) is 0 Å². The Morgan fingerprint density at radius 2 is 2.11 bits per heavy atom. The maximum Gasteiger partial charge on any atom is 0.374 e. The Labute approximate surface area is 170 Å². The Bertz CT molecular complexity index is 750. The molecule has 4 heteroatoms. The standard InChI is InChI=1S/C24H36N2O2/c1-6-7-8-9-15-28-23(27)22-25-17-20(26-22)16-18(2)12-13-21-19(3)11-10-14-24(21,4)5/h12-13,16-17H,6-11,14-15H2,1-5H3,(H,25,26). The molecule has 1 heterocycles. The van der Waals surface area contributed by atoms with E-state index >= 15 is 0 Å². The summed E-state index contributed by atoms with van der Waals surface area (Å²) in [5.74, 6) is -0.112. The number of rotatable bonds is 9. The Kier molecular flexibility index (Phi) is 8.28. The van der Waals surface area contributed by atoms with Crippen LogP contribution in [0.3, 0.4) is 0 Å². The number of aromatic amines is 1. The number of carbonyl (C=O) groups excluding carboxylic acids is 1. The number of unbranched alkanes of at least 4 members (excludes halogenated alkanes) is 3. The highest BCUT2D eigenvalue weighted by Gasteiger charge is 2.26. The average Bonchev–Trinajstić information content (AvgIpc) is 3.09. The number of hydrogen-bond acceptors (Lipinski definition) is 3. The van der Waals surface area contributed by atoms with Crippen LogP contribution in [0.15, 0.2) is 35.1 Å². The SMILES string of the molecule is CCCCCCOC(=O)c1ncc(C=C(C)C=CC2=C(C)CCCC2(C)C)[nH]1. The Morgan fingerprint density at radius 3 is 2.82 bits per heavy atom. The minimum absolute atomic E-state index is 0.237. The van der Waals surface area contributed by atoms with E-state index in [0.717, 1.165) is 24.1 Å². The van der Waals surface area contributed by atoms with Gasteiger partial charge in [0.2, 0.25) is 5.82 Å². The molecule has 0 aromatic carbocycles. The molecular weight excluding hydrogens is 348 g/mol. The highest BCUT2D eigenvalue weighted by atomic mass is 16.5. The minimum Gasteiger partial charge on any atom is -0.460 e. The summed E-state index contributed by atoms with van der Waals surface area (Å²) in [6, 6.07) is 0. The zero-order chi connectivity index (χ0) is 20.6. The fraction of sp³-hybridized carbons (Fsp3) is 0.583. The molecule has 0 bridgehead atoms. The third kappa shape index (κ3) is 6.50. The van der Waals surface area contributed by atoms with Crippen molar-refractivity contribution < 1.29 is 9.53 Å². The molecule has 4 nitrogen and oxygen atoms in total. The number of H-pyrrole nitrogens is 1. The van der Waals surface area contributed by atoms with Gasteiger partial charge in [-0.3, -0.25) is 0 Å². The molecule has 0 fully saturated rings. The Balaban J connectivity index is 1.95. The van der Waals surface area contributed by atoms with Gasteiger partial charge in [-0.1, -0.05) is 57.8 Å². The molecular formula is C24H36N2O2. The largest absolute Gasteiger partial charge is 0.460 e. The summed E-state index contributed by atoms with van der Waals surface area (Å²) in [6.07, 6.45) is 16.1. The number of nitrogens with zero attached hydrogens (tertiary/aromatic N) is 1. The van der Waals surface area contributed by atoms with Gasteiger partial charge in [-0.25, -0.2) is 9.78 Å². The van der Waals surface area contributed by atoms with Crippen molar-refractivity contribution in [1.82, 2.24) is 9.97 Å². The number of imidazole rings is 1. The summed E-state index contributed by atoms with van der Waals surface area (Å²) in [7, 11) is 0. The fourth-order valence-corrected chi connectivity index (χ4v) is 3.79. The number of hydrogen-bond donors (Lipinski definition) is 1. The lowest BCUT2D eigenvalue weighted by Crippen LogP contribution is -2.19. The molecule has 0 unspecified atom stereocenters. The van der Waals surface area contributed by atoms with E-state index < -0.39 is 0 Å². The van der Waals surface area contributed by atoms with Crippen LogP contribution in [-0.4, -0.2) is 22.5 Å². The molecule has 1 aromatic rings. The molecule has 1 aliphatic carbocycles. The first-order valence-corrected chi connectivity index (χ1v) is 10.6. The molecule has 28 heavy (non-hydrogen) atoms. The second kappa shape index (κ2) is 10.4. The summed E-state index contributed by atoms with van der Waals surface area (Å²) in [6.45, 7) is 11.6. The van der Waals surface area contributed by atoms with Crippen LogP contribution in [0, 0.1) is 5.41 Å². The molecule has 0 atom stereocenters. The molecule has 2 rings (SSSR count). The molecule has 154 valence electrons. The van der Waals surface area contributed by atoms with Gasteiger partial charge in [0.25, 0.3) is 0 Å². The molecule has 1 N–H and O–H groups in total. The van der Waals surface area contributed by atoms with Crippen LogP contribution in [0.2, 0.25) is 0 Å². The number of allylic oxidation sites excluding steroid dienone is 5. The molecule has 0 radical (unpaired) electrons. The second-order valence-electron chi connectivity index (χ2n) is 8.54. The first-order valence-electron chi connectivity index (χ1n) is 10.6. The summed E-state index contributed by atoms with van der Waals surface area (Å²) >= 11 is 0. The Morgan fingerprint density at radius 1 is 1.32 bits per heavy atom. The van der Waals surface area contributed by atoms with Crippen molar-refractivity contribution in [3.05, 3.63) is 46.6 Å². The molecule has 0 spiro atoms. The monoisotopic (exact) mass is 384 g/mol. The highest BCUT2D eigenvalue weighted by Crippen LogP contribution is 2.40. The van der Waals surface area contributed by atoms with E-state index in [2.05, 4.69) is 56.7 Å². The smallest absolute Gasteiger partial charge is 0.374 e. The third-order valence-electron chi connectivity index (χ3n) is 5.46. The minimum atomic E-state index is -0.380. The van der Waals surface area contributed by atoms with Crippen LogP contribution in [0.25, 0.3) is 6.08 Å². The van der Waals surface area contributed by atoms with Gasteiger partial charge in [0.05, 0.1) is 18.5 Å². The average molecular weight is 385 g/mol. The predicted molar refractivity (Wildman–Crippen MR) is 116 cm³/mol. The normalized spacial score (nSPS) is 17.4. The first-order chi connectivity index (χ1) is 13.3. The van der Waals surface area contributed by atoms with Crippen molar-refractivity contribution >= 4 is 12.0 Å². The molecule has 0 saturated heterocycles. The van der Waals surface area contributed by atoms with Gasteiger partial charge >= 0.3 is 5.97 Å². The molecule has 0 aliphatic heterocycles. The van der Waals surface area contributed by atoms with Gasteiger partial charge in [-0.05, 0) is 62.2 Å². The van der Waals surface area contributed by atoms with Crippen LogP contribution in [0.1, 0.15) is 95.9 Å². The summed E-state index contributed by atoms with van der Waals surface area (Å²) in [5, 5.41) is 0. The van der Waals surface area contributed by atoms with E-state index in [-0.39, 0.29) is 17.2 Å². The molecule has 0 saturated carbocycles. The molecule has 1 aromatic heterocycles. The predicted octanol–water partition coefficient (Wildman–Crippen LogP) is 6.63. The first kappa shape index (κ1) is 22.2. The zero-order valence-electron chi connectivity index (χ0n) is 18.2. The van der Waals surface area contributed by atoms with Gasteiger partial charge in [0.1, 0.15) is 0 Å². The quantitative estimate of drug-likeness (QED) is 0.295. The fourth-order valence-electron chi connectivity index (χ4n) is 3.79. The van der Waals surface area contributed by atoms with Crippen LogP contribution in [-0.2, 0) is 4.74 Å². The van der Waals surface area contributed by atoms with E-state index in [1.165, 1.54) is 43.3 Å². The van der Waals surface area contributed by atoms with E-state index in [4.69, 9.17) is 4.74 Å². The van der Waals surface area contributed by atoms with Gasteiger partial charge < -0.3 is 9.72 Å². The zero-order valence-corrected chi connectivity index (χ0v) is 18.2. The van der Waals surface area contributed by atoms with Gasteiger partial charge in [-0.2, -0.15) is 0 Å². The summed E-state index contributed by atoms with van der Waals surface area (Å²) < 4.78 is 5.28. The van der Waals surface area contributed by atoms with Crippen LogP contribution in [0.4, 0.5) is 0 Å². The topological polar surface area (TPSA) is 55.0 Å². The Hall–Kier alpha value is -2.10. The maximum absolute atomic E-state index is 12.1. The molecule has 0 amide bonds. The van der Waals surface area contributed by atoms with E-state index in [0.29, 0.717) is 6.61 Å². The highest BCUT2D eigenvalue weighted by molar-refractivity contribution is 5.85. The van der Waals surface area contributed by atoms with Crippen LogP contribution >= 0.6 is 0 Å². The van der Waals surface area contributed by atoms with Gasteiger partial charge in [0.15, 0.2) is 0 Å². The van der Waals surface area contributed by atoms with Crippen molar-refractivity contribution in [1.29, 1.82) is 0 Å². The second-order valence-corrected chi connectivity index (χ2v) is 8.54. The lowest BCUT2D eigenvalue weighted by Gasteiger charge is -2.32.